The lowest BCUT2D eigenvalue weighted by Crippen LogP contribution is -2.31. The van der Waals surface area contributed by atoms with Crippen molar-refractivity contribution < 1.29 is 13.9 Å². The summed E-state index contributed by atoms with van der Waals surface area (Å²) in [6.07, 6.45) is 3.51. The van der Waals surface area contributed by atoms with Crippen molar-refractivity contribution in [3.63, 3.8) is 0 Å². The van der Waals surface area contributed by atoms with Gasteiger partial charge >= 0.3 is 0 Å². The fourth-order valence-electron chi connectivity index (χ4n) is 4.59. The molecule has 2 aromatic rings. The van der Waals surface area contributed by atoms with Crippen LogP contribution in [-0.4, -0.2) is 52.2 Å². The molecule has 1 saturated carbocycles. The Morgan fingerprint density at radius 2 is 1.91 bits per heavy atom. The van der Waals surface area contributed by atoms with Crippen LogP contribution < -0.4 is 10.5 Å². The maximum atomic E-state index is 14.0. The second-order valence-electron chi connectivity index (χ2n) is 8.97. The number of carbonyl (C=O) groups excluding carboxylic acids is 1. The largest absolute Gasteiger partial charge is 0.489 e. The monoisotopic (exact) mass is 473 g/mol. The van der Waals surface area contributed by atoms with Crippen LogP contribution in [0.3, 0.4) is 0 Å². The minimum atomic E-state index is -0.454. The number of benzene rings is 1. The lowest BCUT2D eigenvalue weighted by molar-refractivity contribution is 0.0780. The Kier molecular flexibility index (Phi) is 6.95. The first-order chi connectivity index (χ1) is 15.8. The van der Waals surface area contributed by atoms with Gasteiger partial charge in [-0.15, -0.1) is 0 Å². The molecule has 176 valence electrons. The van der Waals surface area contributed by atoms with Gasteiger partial charge in [-0.1, -0.05) is 11.6 Å². The van der Waals surface area contributed by atoms with Gasteiger partial charge in [0.2, 0.25) is 0 Å². The molecule has 1 amide bonds. The van der Waals surface area contributed by atoms with E-state index in [1.54, 1.807) is 18.7 Å². The van der Waals surface area contributed by atoms with Gasteiger partial charge < -0.3 is 20.8 Å². The van der Waals surface area contributed by atoms with Gasteiger partial charge in [0.05, 0.1) is 40.5 Å². The first-order valence-electron chi connectivity index (χ1n) is 11.3. The molecule has 1 saturated heterocycles. The predicted octanol–water partition coefficient (Wildman–Crippen LogP) is 4.04. The number of nitrogens with zero attached hydrogens (tertiary/aromatic N) is 3. The zero-order chi connectivity index (χ0) is 23.7. The summed E-state index contributed by atoms with van der Waals surface area (Å²) in [4.78, 5) is 23.8. The van der Waals surface area contributed by atoms with Crippen LogP contribution in [0.15, 0.2) is 18.2 Å². The Morgan fingerprint density at radius 1 is 1.24 bits per heavy atom. The van der Waals surface area contributed by atoms with Gasteiger partial charge in [-0.25, -0.2) is 14.4 Å². The summed E-state index contributed by atoms with van der Waals surface area (Å²) in [5.74, 6) is 0.0796. The zero-order valence-corrected chi connectivity index (χ0v) is 19.7. The number of hydrogen-bond donors (Lipinski definition) is 2. The van der Waals surface area contributed by atoms with E-state index in [9.17, 15) is 9.18 Å². The number of nitrogens with one attached hydrogen (secondary N) is 1. The van der Waals surface area contributed by atoms with Gasteiger partial charge in [0, 0.05) is 18.3 Å². The third-order valence-corrected chi connectivity index (χ3v) is 7.13. The van der Waals surface area contributed by atoms with Crippen LogP contribution in [-0.2, 0) is 0 Å². The Hall–Kier alpha value is -2.58. The third kappa shape index (κ3) is 5.01. The molecular formula is C24H29ClFN5O2. The van der Waals surface area contributed by atoms with Crippen molar-refractivity contribution in [2.24, 2.45) is 11.7 Å². The van der Waals surface area contributed by atoms with E-state index < -0.39 is 11.7 Å². The Labute approximate surface area is 198 Å². The number of carbonyl (C=O) groups is 1. The highest BCUT2D eigenvalue weighted by molar-refractivity contribution is 6.31. The maximum absolute atomic E-state index is 14.0. The predicted molar refractivity (Wildman–Crippen MR) is 125 cm³/mol. The number of hydrogen-bond acceptors (Lipinski definition) is 6. The molecule has 1 unspecified atom stereocenters. The van der Waals surface area contributed by atoms with E-state index in [1.165, 1.54) is 18.2 Å². The number of ether oxygens (including phenoxy) is 1. The highest BCUT2D eigenvalue weighted by Gasteiger charge is 2.36. The molecule has 2 aliphatic rings. The van der Waals surface area contributed by atoms with E-state index in [4.69, 9.17) is 27.5 Å². The van der Waals surface area contributed by atoms with Crippen molar-refractivity contribution in [1.82, 2.24) is 14.9 Å². The van der Waals surface area contributed by atoms with Crippen LogP contribution in [0.2, 0.25) is 5.02 Å². The standard InChI is InChI=1S/C24H29ClFN5O2/c1-13-22(25)14(2)30-23(29-13)19-11-31(12-20(19)28)24(32)18-8-5-16(26)9-21(18)33-17-6-3-15(10-27)4-7-17/h5,8-9,15,17,19,28H,3-4,6-7,10-12,27H2,1-2H3. The average Bonchev–Trinajstić information content (AvgIpc) is 3.19. The lowest BCUT2D eigenvalue weighted by Gasteiger charge is -2.29. The fourth-order valence-corrected chi connectivity index (χ4v) is 4.68. The molecule has 3 N–H and O–H groups in total. The summed E-state index contributed by atoms with van der Waals surface area (Å²) in [6.45, 7) is 4.69. The van der Waals surface area contributed by atoms with Crippen LogP contribution >= 0.6 is 11.6 Å². The highest BCUT2D eigenvalue weighted by Crippen LogP contribution is 2.32. The van der Waals surface area contributed by atoms with Crippen LogP contribution in [0.5, 0.6) is 5.75 Å². The number of likely N-dealkylation sites (tertiary alicyclic amines) is 1. The first-order valence-corrected chi connectivity index (χ1v) is 11.7. The van der Waals surface area contributed by atoms with E-state index in [0.29, 0.717) is 46.0 Å². The minimum Gasteiger partial charge on any atom is -0.489 e. The van der Waals surface area contributed by atoms with Crippen molar-refractivity contribution >= 4 is 23.2 Å². The summed E-state index contributed by atoms with van der Waals surface area (Å²) in [5.41, 5.74) is 7.72. The van der Waals surface area contributed by atoms with Crippen LogP contribution in [0, 0.1) is 31.0 Å². The summed E-state index contributed by atoms with van der Waals surface area (Å²) in [7, 11) is 0. The van der Waals surface area contributed by atoms with Gasteiger partial charge in [0.15, 0.2) is 0 Å². The summed E-state index contributed by atoms with van der Waals surface area (Å²) >= 11 is 6.18. The minimum absolute atomic E-state index is 0.0702. The van der Waals surface area contributed by atoms with E-state index in [0.717, 1.165) is 25.7 Å². The van der Waals surface area contributed by atoms with E-state index >= 15 is 0 Å². The normalized spacial score (nSPS) is 23.1. The van der Waals surface area contributed by atoms with Crippen LogP contribution in [0.1, 0.15) is 59.2 Å². The smallest absolute Gasteiger partial charge is 0.257 e. The number of aryl methyl sites for hydroxylation is 2. The average molecular weight is 474 g/mol. The van der Waals surface area contributed by atoms with Gasteiger partial charge in [-0.2, -0.15) is 0 Å². The van der Waals surface area contributed by atoms with Gasteiger partial charge in [-0.05, 0) is 64.1 Å². The van der Waals surface area contributed by atoms with E-state index in [1.807, 2.05) is 0 Å². The first kappa shape index (κ1) is 23.6. The second kappa shape index (κ2) is 9.73. The number of halogens is 2. The van der Waals surface area contributed by atoms with Crippen molar-refractivity contribution in [1.29, 1.82) is 5.41 Å². The van der Waals surface area contributed by atoms with Crippen molar-refractivity contribution in [2.75, 3.05) is 19.6 Å². The summed E-state index contributed by atoms with van der Waals surface area (Å²) in [6, 6.07) is 4.00. The molecule has 2 heterocycles. The molecule has 33 heavy (non-hydrogen) atoms. The Bertz CT molecular complexity index is 1050. The molecule has 2 fully saturated rings. The van der Waals surface area contributed by atoms with Gasteiger partial charge in [0.25, 0.3) is 5.91 Å². The van der Waals surface area contributed by atoms with Crippen LogP contribution in [0.4, 0.5) is 4.39 Å². The highest BCUT2D eigenvalue weighted by atomic mass is 35.5. The third-order valence-electron chi connectivity index (χ3n) is 6.58. The second-order valence-corrected chi connectivity index (χ2v) is 9.34. The number of nitrogens with two attached hydrogens (primary N) is 1. The molecule has 1 aliphatic heterocycles. The molecule has 1 aromatic carbocycles. The van der Waals surface area contributed by atoms with Crippen molar-refractivity contribution in [3.8, 4) is 5.75 Å². The Balaban J connectivity index is 1.52. The molecule has 0 radical (unpaired) electrons. The number of amides is 1. The quantitative estimate of drug-likeness (QED) is 0.681. The molecule has 1 atom stereocenters. The molecule has 4 rings (SSSR count). The molecular weight excluding hydrogens is 445 g/mol. The van der Waals surface area contributed by atoms with Crippen molar-refractivity contribution in [3.05, 3.63) is 51.8 Å². The molecule has 0 spiro atoms. The fraction of sp³-hybridized carbons (Fsp3) is 0.500. The lowest BCUT2D eigenvalue weighted by atomic mass is 9.87. The van der Waals surface area contributed by atoms with E-state index in [2.05, 4.69) is 9.97 Å². The Morgan fingerprint density at radius 3 is 2.55 bits per heavy atom. The van der Waals surface area contributed by atoms with Gasteiger partial charge in [-0.3, -0.25) is 4.79 Å². The summed E-state index contributed by atoms with van der Waals surface area (Å²) < 4.78 is 20.1. The molecule has 1 aromatic heterocycles. The SMILES string of the molecule is Cc1nc(C2CN(C(=O)c3ccc(F)cc3OC3CCC(CN)CC3)CC2=N)nc(C)c1Cl. The molecule has 9 heteroatoms. The van der Waals surface area contributed by atoms with Gasteiger partial charge in [0.1, 0.15) is 17.4 Å². The summed E-state index contributed by atoms with van der Waals surface area (Å²) in [5, 5.41) is 8.95. The maximum Gasteiger partial charge on any atom is 0.257 e. The zero-order valence-electron chi connectivity index (χ0n) is 18.9. The number of rotatable bonds is 5. The molecule has 0 bridgehead atoms. The van der Waals surface area contributed by atoms with Crippen molar-refractivity contribution in [2.45, 2.75) is 51.6 Å². The van der Waals surface area contributed by atoms with E-state index in [-0.39, 0.29) is 30.9 Å². The number of aromatic nitrogens is 2. The topological polar surface area (TPSA) is 105 Å². The molecule has 7 nitrogen and oxygen atoms in total. The van der Waals surface area contributed by atoms with Crippen LogP contribution in [0.25, 0.3) is 0 Å². The molecule has 1 aliphatic carbocycles.